The Labute approximate surface area is 190 Å². The van der Waals surface area contributed by atoms with Crippen molar-refractivity contribution in [1.29, 1.82) is 0 Å². The van der Waals surface area contributed by atoms with Gasteiger partial charge in [0.15, 0.2) is 0 Å². The molecule has 2 fully saturated rings. The number of quaternary nitrogens is 2. The highest BCUT2D eigenvalue weighted by Gasteiger charge is 2.12. The lowest BCUT2D eigenvalue weighted by molar-refractivity contribution is -0.425. The summed E-state index contributed by atoms with van der Waals surface area (Å²) >= 11 is 0. The molecule has 0 amide bonds. The second-order valence-corrected chi connectivity index (χ2v) is 11.2. The van der Waals surface area contributed by atoms with Crippen molar-refractivity contribution in [2.75, 3.05) is 0 Å². The van der Waals surface area contributed by atoms with Crippen LogP contribution in [0.25, 0.3) is 10.8 Å². The second-order valence-electron chi connectivity index (χ2n) is 8.52. The van der Waals surface area contributed by atoms with Crippen molar-refractivity contribution in [2.24, 2.45) is 0 Å². The molecule has 2 saturated carbocycles. The third-order valence-corrected chi connectivity index (χ3v) is 7.62. The van der Waals surface area contributed by atoms with Crippen molar-refractivity contribution in [3.63, 3.8) is 0 Å². The van der Waals surface area contributed by atoms with E-state index >= 15 is 0 Å². The van der Waals surface area contributed by atoms with E-state index in [0.29, 0.717) is 0 Å². The molecule has 0 aromatic heterocycles. The fourth-order valence-corrected chi connectivity index (χ4v) is 5.45. The maximum Gasteiger partial charge on any atom is 0.125 e. The minimum Gasteiger partial charge on any atom is -0.744 e. The molecule has 0 spiro atoms. The van der Waals surface area contributed by atoms with Crippen molar-refractivity contribution < 1.29 is 37.4 Å². The summed E-state index contributed by atoms with van der Waals surface area (Å²) in [6.07, 6.45) is 14.1. The first-order valence-electron chi connectivity index (χ1n) is 11.1. The zero-order valence-corrected chi connectivity index (χ0v) is 20.0. The van der Waals surface area contributed by atoms with Gasteiger partial charge in [-0.05, 0) is 63.5 Å². The highest BCUT2D eigenvalue weighted by molar-refractivity contribution is 7.86. The molecule has 0 saturated heterocycles. The standard InChI is InChI=1S/C10H8O6S2.2C6H13N/c11-17(12,13)9-5-1-3-7-8(9)4-2-6-10(7)18(14,15)16;2*7-6-4-2-1-3-5-6/h1-6H,(H,11,12,13)(H,14,15,16);2*6H,1-5,7H2. The summed E-state index contributed by atoms with van der Waals surface area (Å²) in [6.45, 7) is 0. The fraction of sp³-hybridized carbons (Fsp3) is 0.545. The van der Waals surface area contributed by atoms with Gasteiger partial charge in [0.05, 0.1) is 21.9 Å². The van der Waals surface area contributed by atoms with Gasteiger partial charge < -0.3 is 20.6 Å². The number of hydrogen-bond donors (Lipinski definition) is 2. The predicted octanol–water partition coefficient (Wildman–Crippen LogP) is 1.77. The summed E-state index contributed by atoms with van der Waals surface area (Å²) in [5.74, 6) is 0. The van der Waals surface area contributed by atoms with Gasteiger partial charge in [-0.15, -0.1) is 0 Å². The van der Waals surface area contributed by atoms with Gasteiger partial charge in [-0.25, -0.2) is 16.8 Å². The van der Waals surface area contributed by atoms with Gasteiger partial charge in [0, 0.05) is 10.8 Å². The molecule has 2 aliphatic rings. The number of benzene rings is 2. The Bertz CT molecular complexity index is 988. The van der Waals surface area contributed by atoms with Crippen LogP contribution in [0.15, 0.2) is 46.2 Å². The molecule has 10 heteroatoms. The molecule has 32 heavy (non-hydrogen) atoms. The number of rotatable bonds is 2. The minimum absolute atomic E-state index is 0.0792. The first-order valence-corrected chi connectivity index (χ1v) is 13.9. The molecular formula is C22H34N2O6S2. The summed E-state index contributed by atoms with van der Waals surface area (Å²) < 4.78 is 66.1. The van der Waals surface area contributed by atoms with E-state index in [0.717, 1.165) is 24.2 Å². The van der Waals surface area contributed by atoms with Crippen LogP contribution in [0.5, 0.6) is 0 Å². The minimum atomic E-state index is -4.74. The van der Waals surface area contributed by atoms with E-state index in [2.05, 4.69) is 11.5 Å². The highest BCUT2D eigenvalue weighted by atomic mass is 32.2. The van der Waals surface area contributed by atoms with Crippen LogP contribution >= 0.6 is 0 Å². The number of hydrogen-bond acceptors (Lipinski definition) is 6. The molecule has 0 unspecified atom stereocenters. The molecule has 6 N–H and O–H groups in total. The molecule has 0 radical (unpaired) electrons. The first kappa shape index (κ1) is 26.7. The monoisotopic (exact) mass is 486 g/mol. The van der Waals surface area contributed by atoms with Crippen LogP contribution in [0, 0.1) is 0 Å². The van der Waals surface area contributed by atoms with E-state index in [-0.39, 0.29) is 10.8 Å². The Morgan fingerprint density at radius 1 is 0.594 bits per heavy atom. The maximum absolute atomic E-state index is 11.0. The van der Waals surface area contributed by atoms with E-state index < -0.39 is 30.0 Å². The van der Waals surface area contributed by atoms with Crippen molar-refractivity contribution >= 4 is 31.0 Å². The molecule has 180 valence electrons. The molecule has 8 nitrogen and oxygen atoms in total. The van der Waals surface area contributed by atoms with Crippen molar-refractivity contribution in [3.05, 3.63) is 36.4 Å². The van der Waals surface area contributed by atoms with E-state index in [1.807, 2.05) is 0 Å². The summed E-state index contributed by atoms with van der Waals surface area (Å²) in [6, 6.07) is 8.66. The predicted molar refractivity (Wildman–Crippen MR) is 119 cm³/mol. The van der Waals surface area contributed by atoms with E-state index in [4.69, 9.17) is 0 Å². The summed E-state index contributed by atoms with van der Waals surface area (Å²) in [4.78, 5) is -1.10. The molecule has 0 heterocycles. The lowest BCUT2D eigenvalue weighted by Crippen LogP contribution is -2.61. The molecule has 0 atom stereocenters. The SMILES string of the molecule is O=S(=O)([O-])c1cccc2c(S(=O)(=O)[O-])cccc12.[NH3+]C1CCCCC1.[NH3+]C1CCCCC1. The average molecular weight is 487 g/mol. The van der Waals surface area contributed by atoms with Gasteiger partial charge in [-0.3, -0.25) is 0 Å². The topological polar surface area (TPSA) is 170 Å². The maximum atomic E-state index is 11.0. The summed E-state index contributed by atoms with van der Waals surface area (Å²) in [5, 5.41) is -0.158. The third kappa shape index (κ3) is 8.42. The summed E-state index contributed by atoms with van der Waals surface area (Å²) in [5.41, 5.74) is 8.00. The molecule has 0 bridgehead atoms. The molecule has 4 rings (SSSR count). The average Bonchev–Trinajstić information content (AvgIpc) is 2.73. The Kier molecular flexibility index (Phi) is 10.1. The Morgan fingerprint density at radius 3 is 1.12 bits per heavy atom. The Hall–Kier alpha value is -1.56. The molecular weight excluding hydrogens is 452 g/mol. The van der Waals surface area contributed by atoms with Crippen molar-refractivity contribution in [3.8, 4) is 0 Å². The Morgan fingerprint density at radius 2 is 0.906 bits per heavy atom. The molecule has 2 aromatic rings. The van der Waals surface area contributed by atoms with E-state index in [9.17, 15) is 25.9 Å². The smallest absolute Gasteiger partial charge is 0.125 e. The van der Waals surface area contributed by atoms with Crippen molar-refractivity contribution in [1.82, 2.24) is 0 Å². The lowest BCUT2D eigenvalue weighted by atomic mass is 9.97. The van der Waals surface area contributed by atoms with Crippen LogP contribution in [0.4, 0.5) is 0 Å². The van der Waals surface area contributed by atoms with Gasteiger partial charge in [-0.1, -0.05) is 37.1 Å². The van der Waals surface area contributed by atoms with Gasteiger partial charge >= 0.3 is 0 Å². The van der Waals surface area contributed by atoms with Gasteiger partial charge in [0.2, 0.25) is 0 Å². The zero-order valence-electron chi connectivity index (χ0n) is 18.4. The van der Waals surface area contributed by atoms with Crippen LogP contribution in [0.2, 0.25) is 0 Å². The van der Waals surface area contributed by atoms with Crippen LogP contribution in [-0.2, 0) is 20.2 Å². The lowest BCUT2D eigenvalue weighted by Gasteiger charge is -2.14. The normalized spacial score (nSPS) is 18.2. The van der Waals surface area contributed by atoms with Gasteiger partial charge in [-0.2, -0.15) is 0 Å². The Balaban J connectivity index is 0.000000211. The van der Waals surface area contributed by atoms with Gasteiger partial charge in [0.1, 0.15) is 20.2 Å². The molecule has 2 aliphatic carbocycles. The van der Waals surface area contributed by atoms with E-state index in [1.165, 1.54) is 88.5 Å². The largest absolute Gasteiger partial charge is 0.744 e. The van der Waals surface area contributed by atoms with Crippen LogP contribution in [0.3, 0.4) is 0 Å². The van der Waals surface area contributed by atoms with Crippen LogP contribution in [-0.4, -0.2) is 38.0 Å². The third-order valence-electron chi connectivity index (χ3n) is 5.83. The molecule has 0 aliphatic heterocycles. The molecule has 2 aromatic carbocycles. The second kappa shape index (κ2) is 12.1. The van der Waals surface area contributed by atoms with Crippen molar-refractivity contribution in [2.45, 2.75) is 86.1 Å². The zero-order chi connectivity index (χ0) is 23.8. The first-order chi connectivity index (χ1) is 15.0. The van der Waals surface area contributed by atoms with Gasteiger partial charge in [0.25, 0.3) is 0 Å². The highest BCUT2D eigenvalue weighted by Crippen LogP contribution is 2.27. The number of fused-ring (bicyclic) bond motifs is 1. The van der Waals surface area contributed by atoms with Crippen LogP contribution in [0.1, 0.15) is 64.2 Å². The quantitative estimate of drug-likeness (QED) is 0.613. The van der Waals surface area contributed by atoms with E-state index in [1.54, 1.807) is 0 Å². The fourth-order valence-electron chi connectivity index (χ4n) is 4.06. The summed E-state index contributed by atoms with van der Waals surface area (Å²) in [7, 11) is -9.48. The van der Waals surface area contributed by atoms with Crippen LogP contribution < -0.4 is 11.5 Å².